The van der Waals surface area contributed by atoms with Gasteiger partial charge in [0.25, 0.3) is 5.91 Å². The number of carbonyl (C=O) groups is 1. The minimum absolute atomic E-state index is 0.0946. The highest BCUT2D eigenvalue weighted by Crippen LogP contribution is 2.35. The van der Waals surface area contributed by atoms with Crippen LogP contribution in [0.1, 0.15) is 27.2 Å². The third-order valence-electron chi connectivity index (χ3n) is 3.61. The van der Waals surface area contributed by atoms with Gasteiger partial charge in [-0.05, 0) is 37.5 Å². The van der Waals surface area contributed by atoms with Crippen molar-refractivity contribution in [3.63, 3.8) is 0 Å². The highest BCUT2D eigenvalue weighted by Gasteiger charge is 2.39. The SMILES string of the molecule is CC1=NC(=O)C2C(=C1)N(c1ccccc1)N=C2CC(C)C. The van der Waals surface area contributed by atoms with Crippen LogP contribution in [0.25, 0.3) is 0 Å². The van der Waals surface area contributed by atoms with E-state index < -0.39 is 0 Å². The number of fused-ring (bicyclic) bond motifs is 1. The van der Waals surface area contributed by atoms with Gasteiger partial charge < -0.3 is 0 Å². The Balaban J connectivity index is 2.05. The average molecular weight is 281 g/mol. The largest absolute Gasteiger partial charge is 0.271 e. The van der Waals surface area contributed by atoms with Crippen LogP contribution in [0.5, 0.6) is 0 Å². The van der Waals surface area contributed by atoms with Crippen molar-refractivity contribution in [2.24, 2.45) is 21.9 Å². The van der Waals surface area contributed by atoms with Crippen LogP contribution in [-0.4, -0.2) is 17.3 Å². The van der Waals surface area contributed by atoms with Gasteiger partial charge in [-0.15, -0.1) is 0 Å². The first-order valence-corrected chi connectivity index (χ1v) is 7.29. The molecule has 0 bridgehead atoms. The summed E-state index contributed by atoms with van der Waals surface area (Å²) in [5.74, 6) is 0.0552. The van der Waals surface area contributed by atoms with Crippen LogP contribution < -0.4 is 5.01 Å². The van der Waals surface area contributed by atoms with Crippen molar-refractivity contribution in [2.45, 2.75) is 27.2 Å². The van der Waals surface area contributed by atoms with Crippen LogP contribution >= 0.6 is 0 Å². The summed E-state index contributed by atoms with van der Waals surface area (Å²) in [5.41, 5.74) is 3.57. The van der Waals surface area contributed by atoms with E-state index >= 15 is 0 Å². The third-order valence-corrected chi connectivity index (χ3v) is 3.61. The Kier molecular flexibility index (Phi) is 3.45. The van der Waals surface area contributed by atoms with E-state index in [1.165, 1.54) is 0 Å². The smallest absolute Gasteiger partial charge is 0.260 e. The zero-order valence-corrected chi connectivity index (χ0v) is 12.6. The second kappa shape index (κ2) is 5.28. The maximum absolute atomic E-state index is 12.3. The van der Waals surface area contributed by atoms with Crippen LogP contribution in [0, 0.1) is 11.8 Å². The molecule has 0 aromatic heterocycles. The molecule has 1 amide bonds. The molecule has 108 valence electrons. The predicted octanol–water partition coefficient (Wildman–Crippen LogP) is 3.41. The lowest BCUT2D eigenvalue weighted by Gasteiger charge is -2.21. The molecule has 1 aromatic rings. The highest BCUT2D eigenvalue weighted by molar-refractivity contribution is 6.17. The molecular weight excluding hydrogens is 262 g/mol. The minimum Gasteiger partial charge on any atom is -0.271 e. The molecular formula is C17H19N3O. The van der Waals surface area contributed by atoms with Gasteiger partial charge in [-0.3, -0.25) is 4.79 Å². The maximum Gasteiger partial charge on any atom is 0.260 e. The second-order valence-corrected chi connectivity index (χ2v) is 5.93. The molecule has 0 N–H and O–H groups in total. The Bertz CT molecular complexity index is 656. The van der Waals surface area contributed by atoms with Gasteiger partial charge in [0.2, 0.25) is 0 Å². The van der Waals surface area contributed by atoms with Gasteiger partial charge in [0, 0.05) is 5.71 Å². The lowest BCUT2D eigenvalue weighted by molar-refractivity contribution is -0.118. The normalized spacial score (nSPS) is 21.1. The Morgan fingerprint density at radius 3 is 2.62 bits per heavy atom. The Labute approximate surface area is 124 Å². The van der Waals surface area contributed by atoms with Crippen LogP contribution in [0.3, 0.4) is 0 Å². The van der Waals surface area contributed by atoms with E-state index in [1.54, 1.807) is 0 Å². The Morgan fingerprint density at radius 2 is 1.95 bits per heavy atom. The van der Waals surface area contributed by atoms with E-state index in [4.69, 9.17) is 5.10 Å². The second-order valence-electron chi connectivity index (χ2n) is 5.93. The number of carbonyl (C=O) groups excluding carboxylic acids is 1. The molecule has 0 saturated heterocycles. The highest BCUT2D eigenvalue weighted by atomic mass is 16.1. The molecule has 2 heterocycles. The predicted molar refractivity (Wildman–Crippen MR) is 85.5 cm³/mol. The summed E-state index contributed by atoms with van der Waals surface area (Å²) in [6.07, 6.45) is 2.78. The lowest BCUT2D eigenvalue weighted by atomic mass is 9.91. The van der Waals surface area contributed by atoms with Crippen molar-refractivity contribution in [1.82, 2.24) is 0 Å². The van der Waals surface area contributed by atoms with Crippen molar-refractivity contribution in [3.8, 4) is 0 Å². The van der Waals surface area contributed by atoms with Crippen molar-refractivity contribution >= 4 is 23.0 Å². The van der Waals surface area contributed by atoms with E-state index in [9.17, 15) is 4.79 Å². The van der Waals surface area contributed by atoms with Crippen molar-refractivity contribution in [3.05, 3.63) is 42.1 Å². The van der Waals surface area contributed by atoms with Gasteiger partial charge in [0.1, 0.15) is 5.92 Å². The summed E-state index contributed by atoms with van der Waals surface area (Å²) in [7, 11) is 0. The summed E-state index contributed by atoms with van der Waals surface area (Å²) in [4.78, 5) is 16.4. The molecule has 21 heavy (non-hydrogen) atoms. The molecule has 0 fully saturated rings. The lowest BCUT2D eigenvalue weighted by Crippen LogP contribution is -2.28. The Hall–Kier alpha value is -2.23. The number of amides is 1. The molecule has 0 radical (unpaired) electrons. The number of rotatable bonds is 3. The Morgan fingerprint density at radius 1 is 1.24 bits per heavy atom. The van der Waals surface area contributed by atoms with Crippen LogP contribution in [0.4, 0.5) is 5.69 Å². The third kappa shape index (κ3) is 2.53. The molecule has 1 aromatic carbocycles. The number of para-hydroxylation sites is 1. The van der Waals surface area contributed by atoms with E-state index in [0.29, 0.717) is 5.92 Å². The van der Waals surface area contributed by atoms with E-state index in [2.05, 4.69) is 18.8 Å². The summed E-state index contributed by atoms with van der Waals surface area (Å²) >= 11 is 0. The van der Waals surface area contributed by atoms with Crippen LogP contribution in [0.2, 0.25) is 0 Å². The maximum atomic E-state index is 12.3. The number of hydrogen-bond acceptors (Lipinski definition) is 3. The molecule has 3 rings (SSSR count). The molecule has 0 spiro atoms. The molecule has 0 saturated carbocycles. The first-order chi connectivity index (χ1) is 10.1. The van der Waals surface area contributed by atoms with Gasteiger partial charge >= 0.3 is 0 Å². The van der Waals surface area contributed by atoms with Gasteiger partial charge in [0.05, 0.1) is 17.1 Å². The van der Waals surface area contributed by atoms with Gasteiger partial charge in [-0.25, -0.2) is 10.0 Å². The van der Waals surface area contributed by atoms with Crippen LogP contribution in [0.15, 0.2) is 52.2 Å². The van der Waals surface area contributed by atoms with Crippen LogP contribution in [-0.2, 0) is 4.79 Å². The topological polar surface area (TPSA) is 45.0 Å². The van der Waals surface area contributed by atoms with E-state index in [-0.39, 0.29) is 11.8 Å². The number of benzene rings is 1. The van der Waals surface area contributed by atoms with Crippen molar-refractivity contribution < 1.29 is 4.79 Å². The quantitative estimate of drug-likeness (QED) is 0.852. The number of dihydropyridines is 1. The number of anilines is 1. The number of hydrazone groups is 1. The zero-order valence-electron chi connectivity index (χ0n) is 12.6. The fourth-order valence-corrected chi connectivity index (χ4v) is 2.79. The summed E-state index contributed by atoms with van der Waals surface area (Å²) < 4.78 is 0. The molecule has 0 aliphatic carbocycles. The number of aliphatic imine (C=N–C) groups is 1. The van der Waals surface area contributed by atoms with Crippen molar-refractivity contribution in [2.75, 3.05) is 5.01 Å². The van der Waals surface area contributed by atoms with Gasteiger partial charge in [0.15, 0.2) is 0 Å². The first-order valence-electron chi connectivity index (χ1n) is 7.29. The number of allylic oxidation sites excluding steroid dienone is 1. The average Bonchev–Trinajstić information content (AvgIpc) is 2.77. The summed E-state index contributed by atoms with van der Waals surface area (Å²) in [6.45, 7) is 6.13. The fourth-order valence-electron chi connectivity index (χ4n) is 2.79. The monoisotopic (exact) mass is 281 g/mol. The zero-order chi connectivity index (χ0) is 15.0. The van der Waals surface area contributed by atoms with Gasteiger partial charge in [-0.1, -0.05) is 32.0 Å². The number of hydrogen-bond donors (Lipinski definition) is 0. The first kappa shape index (κ1) is 13.7. The molecule has 2 aliphatic heterocycles. The molecule has 1 atom stereocenters. The molecule has 1 unspecified atom stereocenters. The molecule has 4 heteroatoms. The van der Waals surface area contributed by atoms with E-state index in [1.807, 2.05) is 48.3 Å². The van der Waals surface area contributed by atoms with E-state index in [0.717, 1.165) is 29.2 Å². The number of nitrogens with zero attached hydrogens (tertiary/aromatic N) is 3. The molecule has 4 nitrogen and oxygen atoms in total. The molecule has 2 aliphatic rings. The fraction of sp³-hybridized carbons (Fsp3) is 0.353. The minimum atomic E-state index is -0.309. The standard InChI is InChI=1S/C17H19N3O/c1-11(2)9-14-16-15(10-12(3)18-17(16)21)20(19-14)13-7-5-4-6-8-13/h4-8,10-11,16H,9H2,1-3H3. The summed E-state index contributed by atoms with van der Waals surface area (Å²) in [6, 6.07) is 9.94. The van der Waals surface area contributed by atoms with Gasteiger partial charge in [-0.2, -0.15) is 5.10 Å². The van der Waals surface area contributed by atoms with Crippen molar-refractivity contribution in [1.29, 1.82) is 0 Å². The summed E-state index contributed by atoms with van der Waals surface area (Å²) in [5, 5.41) is 6.60.